The monoisotopic (exact) mass is 448 g/mol. The molecule has 2 aromatic rings. The van der Waals surface area contributed by atoms with Crippen LogP contribution < -0.4 is 4.72 Å². The molecule has 1 aliphatic rings. The Balaban J connectivity index is 1.71. The van der Waals surface area contributed by atoms with Crippen LogP contribution in [-0.4, -0.2) is 64.2 Å². The average Bonchev–Trinajstić information content (AvgIpc) is 2.78. The van der Waals surface area contributed by atoms with Gasteiger partial charge < -0.3 is 4.74 Å². The van der Waals surface area contributed by atoms with Gasteiger partial charge in [0.2, 0.25) is 10.0 Å². The Kier molecular flexibility index (Phi) is 7.94. The molecule has 1 unspecified atom stereocenters. The van der Waals surface area contributed by atoms with Crippen LogP contribution in [-0.2, 0) is 14.8 Å². The second-order valence-electron chi connectivity index (χ2n) is 7.87. The van der Waals surface area contributed by atoms with E-state index in [4.69, 9.17) is 4.74 Å². The molecule has 1 fully saturated rings. The smallest absolute Gasteiger partial charge is 0.216 e. The molecule has 168 valence electrons. The maximum atomic E-state index is 14.7. The predicted molar refractivity (Wildman–Crippen MR) is 119 cm³/mol. The standard InChI is InChI=1S/C23H29FN2O4S/c1-17-13-19(18-7-4-3-5-8-18)14-21(23(17)24)22(27)15-25-31(28,29)20-9-6-10-26(16-20)11-12-30-2/h3-5,7-8,13-14,20,25H,6,9-12,15-16H2,1-2H3. The van der Waals surface area contributed by atoms with Crippen molar-refractivity contribution in [3.8, 4) is 11.1 Å². The third-order valence-electron chi connectivity index (χ3n) is 5.61. The molecule has 3 rings (SSSR count). The summed E-state index contributed by atoms with van der Waals surface area (Å²) < 4.78 is 47.7. The highest BCUT2D eigenvalue weighted by Crippen LogP contribution is 2.25. The van der Waals surface area contributed by atoms with Gasteiger partial charge in [0.05, 0.1) is 24.0 Å². The number of benzene rings is 2. The second-order valence-corrected chi connectivity index (χ2v) is 9.91. The van der Waals surface area contributed by atoms with Gasteiger partial charge in [-0.2, -0.15) is 0 Å². The Morgan fingerprint density at radius 1 is 1.23 bits per heavy atom. The summed E-state index contributed by atoms with van der Waals surface area (Å²) in [6.45, 7) is 3.55. The Labute approximate surface area is 183 Å². The zero-order valence-electron chi connectivity index (χ0n) is 17.9. The van der Waals surface area contributed by atoms with Gasteiger partial charge in [-0.15, -0.1) is 0 Å². The van der Waals surface area contributed by atoms with Gasteiger partial charge in [-0.1, -0.05) is 30.3 Å². The zero-order valence-corrected chi connectivity index (χ0v) is 18.8. The molecule has 2 aromatic carbocycles. The van der Waals surface area contributed by atoms with Gasteiger partial charge in [0.15, 0.2) is 5.78 Å². The fourth-order valence-electron chi connectivity index (χ4n) is 3.84. The minimum Gasteiger partial charge on any atom is -0.383 e. The summed E-state index contributed by atoms with van der Waals surface area (Å²) in [5.41, 5.74) is 1.81. The quantitative estimate of drug-likeness (QED) is 0.597. The largest absolute Gasteiger partial charge is 0.383 e. The molecule has 6 nitrogen and oxygen atoms in total. The molecule has 0 spiro atoms. The molecule has 0 bridgehead atoms. The number of nitrogens with one attached hydrogen (secondary N) is 1. The first kappa shape index (κ1) is 23.5. The summed E-state index contributed by atoms with van der Waals surface area (Å²) in [6.07, 6.45) is 1.29. The molecular weight excluding hydrogens is 419 g/mol. The Morgan fingerprint density at radius 3 is 2.68 bits per heavy atom. The number of carbonyl (C=O) groups is 1. The molecule has 0 aromatic heterocycles. The van der Waals surface area contributed by atoms with Crippen LogP contribution in [0.3, 0.4) is 0 Å². The lowest BCUT2D eigenvalue weighted by molar-refractivity contribution is 0.0992. The maximum Gasteiger partial charge on any atom is 0.216 e. The van der Waals surface area contributed by atoms with Crippen molar-refractivity contribution in [2.75, 3.05) is 39.9 Å². The van der Waals surface area contributed by atoms with Crippen LogP contribution in [0.1, 0.15) is 28.8 Å². The lowest BCUT2D eigenvalue weighted by Crippen LogP contribution is -2.48. The van der Waals surface area contributed by atoms with Crippen molar-refractivity contribution in [2.45, 2.75) is 25.0 Å². The number of hydrogen-bond acceptors (Lipinski definition) is 5. The van der Waals surface area contributed by atoms with Crippen LogP contribution in [0.25, 0.3) is 11.1 Å². The van der Waals surface area contributed by atoms with Crippen LogP contribution in [0, 0.1) is 12.7 Å². The van der Waals surface area contributed by atoms with E-state index in [0.29, 0.717) is 37.2 Å². The van der Waals surface area contributed by atoms with Crippen molar-refractivity contribution < 1.29 is 22.3 Å². The number of hydrogen-bond donors (Lipinski definition) is 1. The number of piperidine rings is 1. The molecule has 1 aliphatic heterocycles. The Bertz CT molecular complexity index is 1010. The number of ether oxygens (including phenoxy) is 1. The summed E-state index contributed by atoms with van der Waals surface area (Å²) in [6, 6.07) is 12.5. The first-order valence-electron chi connectivity index (χ1n) is 10.4. The number of aryl methyl sites for hydroxylation is 1. The van der Waals surface area contributed by atoms with Crippen molar-refractivity contribution >= 4 is 15.8 Å². The molecule has 1 heterocycles. The molecule has 0 amide bonds. The Morgan fingerprint density at radius 2 is 1.97 bits per heavy atom. The highest BCUT2D eigenvalue weighted by atomic mass is 32.2. The van der Waals surface area contributed by atoms with Crippen molar-refractivity contribution in [3.63, 3.8) is 0 Å². The molecule has 1 N–H and O–H groups in total. The maximum absolute atomic E-state index is 14.7. The van der Waals surface area contributed by atoms with E-state index in [0.717, 1.165) is 18.5 Å². The van der Waals surface area contributed by atoms with E-state index in [1.807, 2.05) is 35.2 Å². The average molecular weight is 449 g/mol. The van der Waals surface area contributed by atoms with Crippen molar-refractivity contribution in [1.82, 2.24) is 9.62 Å². The molecule has 1 saturated heterocycles. The van der Waals surface area contributed by atoms with E-state index >= 15 is 0 Å². The van der Waals surface area contributed by atoms with Crippen LogP contribution in [0.5, 0.6) is 0 Å². The third-order valence-corrected chi connectivity index (χ3v) is 7.42. The number of Topliss-reactive ketones (excluding diaryl/α,β-unsaturated/α-hetero) is 1. The number of rotatable bonds is 9. The molecule has 31 heavy (non-hydrogen) atoms. The Hall–Kier alpha value is -2.13. The topological polar surface area (TPSA) is 75.7 Å². The van der Waals surface area contributed by atoms with Gasteiger partial charge in [-0.3, -0.25) is 9.69 Å². The third kappa shape index (κ3) is 5.98. The normalized spacial score (nSPS) is 17.6. The van der Waals surface area contributed by atoms with Gasteiger partial charge in [-0.25, -0.2) is 17.5 Å². The highest BCUT2D eigenvalue weighted by molar-refractivity contribution is 7.90. The number of halogens is 1. The SMILES string of the molecule is COCCN1CCCC(S(=O)(=O)NCC(=O)c2cc(-c3ccccc3)cc(C)c2F)C1. The number of likely N-dealkylation sites (tertiary alicyclic amines) is 1. The van der Waals surface area contributed by atoms with Crippen LogP contribution >= 0.6 is 0 Å². The van der Waals surface area contributed by atoms with Gasteiger partial charge in [0.1, 0.15) is 5.82 Å². The number of ketones is 1. The molecule has 0 saturated carbocycles. The first-order chi connectivity index (χ1) is 14.8. The summed E-state index contributed by atoms with van der Waals surface area (Å²) in [4.78, 5) is 14.8. The fraction of sp³-hybridized carbons (Fsp3) is 0.435. The zero-order chi connectivity index (χ0) is 22.4. The van der Waals surface area contributed by atoms with Crippen LogP contribution in [0.4, 0.5) is 4.39 Å². The van der Waals surface area contributed by atoms with E-state index in [1.54, 1.807) is 20.1 Å². The summed E-state index contributed by atoms with van der Waals surface area (Å²) >= 11 is 0. The van der Waals surface area contributed by atoms with Crippen molar-refractivity contribution in [3.05, 3.63) is 59.4 Å². The van der Waals surface area contributed by atoms with Gasteiger partial charge in [-0.05, 0) is 55.1 Å². The lowest BCUT2D eigenvalue weighted by Gasteiger charge is -2.32. The van der Waals surface area contributed by atoms with E-state index < -0.39 is 33.4 Å². The minimum absolute atomic E-state index is 0.105. The van der Waals surface area contributed by atoms with Crippen LogP contribution in [0.15, 0.2) is 42.5 Å². The van der Waals surface area contributed by atoms with E-state index in [9.17, 15) is 17.6 Å². The van der Waals surface area contributed by atoms with E-state index in [1.165, 1.54) is 6.07 Å². The summed E-state index contributed by atoms with van der Waals surface area (Å²) in [5.74, 6) is -1.21. The number of nitrogens with zero attached hydrogens (tertiary/aromatic N) is 1. The van der Waals surface area contributed by atoms with Gasteiger partial charge in [0, 0.05) is 20.2 Å². The van der Waals surface area contributed by atoms with E-state index in [2.05, 4.69) is 4.72 Å². The molecule has 0 radical (unpaired) electrons. The number of carbonyl (C=O) groups excluding carboxylic acids is 1. The molecule has 0 aliphatic carbocycles. The lowest BCUT2D eigenvalue weighted by atomic mass is 9.98. The van der Waals surface area contributed by atoms with Crippen LogP contribution in [0.2, 0.25) is 0 Å². The predicted octanol–water partition coefficient (Wildman–Crippen LogP) is 3.01. The summed E-state index contributed by atoms with van der Waals surface area (Å²) in [7, 11) is -2.10. The van der Waals surface area contributed by atoms with Crippen molar-refractivity contribution in [1.29, 1.82) is 0 Å². The highest BCUT2D eigenvalue weighted by Gasteiger charge is 2.31. The first-order valence-corrected chi connectivity index (χ1v) is 11.9. The van der Waals surface area contributed by atoms with Crippen molar-refractivity contribution in [2.24, 2.45) is 0 Å². The number of sulfonamides is 1. The second kappa shape index (κ2) is 10.5. The molecule has 8 heteroatoms. The number of methoxy groups -OCH3 is 1. The van der Waals surface area contributed by atoms with Gasteiger partial charge >= 0.3 is 0 Å². The van der Waals surface area contributed by atoms with E-state index in [-0.39, 0.29) is 5.56 Å². The fourth-order valence-corrected chi connectivity index (χ4v) is 5.29. The summed E-state index contributed by atoms with van der Waals surface area (Å²) in [5, 5.41) is -0.604. The molecular formula is C23H29FN2O4S. The molecule has 1 atom stereocenters. The van der Waals surface area contributed by atoms with Gasteiger partial charge in [0.25, 0.3) is 0 Å². The minimum atomic E-state index is -3.71.